The lowest BCUT2D eigenvalue weighted by atomic mass is 9.98. The van der Waals surface area contributed by atoms with E-state index in [4.69, 9.17) is 4.74 Å². The first-order valence-corrected chi connectivity index (χ1v) is 8.75. The molecule has 1 N–H and O–H groups in total. The molecule has 0 spiro atoms. The molecule has 2 aliphatic rings. The van der Waals surface area contributed by atoms with Crippen molar-refractivity contribution in [1.29, 1.82) is 0 Å². The molecule has 0 amide bonds. The van der Waals surface area contributed by atoms with Crippen molar-refractivity contribution >= 4 is 5.69 Å². The summed E-state index contributed by atoms with van der Waals surface area (Å²) in [7, 11) is 0. The van der Waals surface area contributed by atoms with E-state index in [0.29, 0.717) is 12.6 Å². The van der Waals surface area contributed by atoms with Gasteiger partial charge < -0.3 is 15.0 Å². The summed E-state index contributed by atoms with van der Waals surface area (Å²) in [5, 5.41) is 3.72. The number of ether oxygens (including phenoxy) is 1. The van der Waals surface area contributed by atoms with E-state index < -0.39 is 0 Å². The van der Waals surface area contributed by atoms with Crippen LogP contribution < -0.4 is 15.0 Å². The second-order valence-electron chi connectivity index (χ2n) is 6.73. The molecular formula is C20H23FN2O. The molecule has 2 aromatic rings. The van der Waals surface area contributed by atoms with Crippen molar-refractivity contribution < 1.29 is 9.13 Å². The van der Waals surface area contributed by atoms with Gasteiger partial charge in [0.15, 0.2) is 0 Å². The standard InChI is InChI=1S/C20H23FN2O/c21-16-6-7-20-15(12-16)13-18(14-24-20)22-17-8-10-23(11-9-17)19-4-2-1-3-5-19/h1-7,12,17-18,22H,8-11,13-14H2. The number of piperidine rings is 1. The van der Waals surface area contributed by atoms with Gasteiger partial charge in [-0.05, 0) is 55.2 Å². The van der Waals surface area contributed by atoms with Crippen LogP contribution in [-0.2, 0) is 6.42 Å². The zero-order chi connectivity index (χ0) is 16.4. The molecule has 2 heterocycles. The van der Waals surface area contributed by atoms with Gasteiger partial charge in [-0.1, -0.05) is 18.2 Å². The maximum Gasteiger partial charge on any atom is 0.123 e. The van der Waals surface area contributed by atoms with E-state index in [1.807, 2.05) is 0 Å². The molecule has 0 aromatic heterocycles. The number of nitrogens with one attached hydrogen (secondary N) is 1. The third-order valence-electron chi connectivity index (χ3n) is 5.02. The molecule has 1 saturated heterocycles. The summed E-state index contributed by atoms with van der Waals surface area (Å²) in [5.74, 6) is 0.641. The number of para-hydroxylation sites is 1. The first-order chi connectivity index (χ1) is 11.8. The van der Waals surface area contributed by atoms with E-state index in [1.165, 1.54) is 11.8 Å². The lowest BCUT2D eigenvalue weighted by Crippen LogP contribution is -2.49. The van der Waals surface area contributed by atoms with Gasteiger partial charge in [0, 0.05) is 30.9 Å². The Morgan fingerprint density at radius 3 is 2.58 bits per heavy atom. The zero-order valence-electron chi connectivity index (χ0n) is 13.7. The minimum absolute atomic E-state index is 0.186. The number of hydrogen-bond donors (Lipinski definition) is 1. The molecule has 126 valence electrons. The van der Waals surface area contributed by atoms with E-state index in [1.54, 1.807) is 12.1 Å². The molecule has 4 rings (SSSR count). The zero-order valence-corrected chi connectivity index (χ0v) is 13.7. The van der Waals surface area contributed by atoms with Crippen molar-refractivity contribution in [3.63, 3.8) is 0 Å². The van der Waals surface area contributed by atoms with Gasteiger partial charge in [-0.2, -0.15) is 0 Å². The highest BCUT2D eigenvalue weighted by Gasteiger charge is 2.25. The minimum atomic E-state index is -0.186. The van der Waals surface area contributed by atoms with Gasteiger partial charge in [-0.15, -0.1) is 0 Å². The second kappa shape index (κ2) is 6.81. The Balaban J connectivity index is 1.32. The van der Waals surface area contributed by atoms with Crippen molar-refractivity contribution in [3.05, 3.63) is 59.9 Å². The SMILES string of the molecule is Fc1ccc2c(c1)CC(NC1CCN(c3ccccc3)CC1)CO2. The molecule has 0 bridgehead atoms. The summed E-state index contributed by atoms with van der Waals surface area (Å²) in [5.41, 5.74) is 2.28. The van der Waals surface area contributed by atoms with Crippen LogP contribution in [0.2, 0.25) is 0 Å². The van der Waals surface area contributed by atoms with Crippen LogP contribution in [0.25, 0.3) is 0 Å². The molecule has 1 fully saturated rings. The maximum absolute atomic E-state index is 13.4. The lowest BCUT2D eigenvalue weighted by molar-refractivity contribution is 0.219. The smallest absolute Gasteiger partial charge is 0.123 e. The summed E-state index contributed by atoms with van der Waals surface area (Å²) >= 11 is 0. The lowest BCUT2D eigenvalue weighted by Gasteiger charge is -2.37. The van der Waals surface area contributed by atoms with Gasteiger partial charge in [0.2, 0.25) is 0 Å². The van der Waals surface area contributed by atoms with E-state index in [9.17, 15) is 4.39 Å². The van der Waals surface area contributed by atoms with E-state index in [2.05, 4.69) is 40.5 Å². The highest BCUT2D eigenvalue weighted by atomic mass is 19.1. The van der Waals surface area contributed by atoms with Crippen LogP contribution in [0.3, 0.4) is 0 Å². The predicted octanol–water partition coefficient (Wildman–Crippen LogP) is 3.39. The Labute approximate surface area is 142 Å². The van der Waals surface area contributed by atoms with Crippen molar-refractivity contribution in [2.24, 2.45) is 0 Å². The third-order valence-corrected chi connectivity index (χ3v) is 5.02. The van der Waals surface area contributed by atoms with E-state index in [-0.39, 0.29) is 11.9 Å². The normalized spacial score (nSPS) is 21.2. The summed E-state index contributed by atoms with van der Waals surface area (Å²) in [6, 6.07) is 16.2. The van der Waals surface area contributed by atoms with E-state index >= 15 is 0 Å². The van der Waals surface area contributed by atoms with Crippen molar-refractivity contribution in [1.82, 2.24) is 5.32 Å². The Kier molecular flexibility index (Phi) is 4.39. The third kappa shape index (κ3) is 3.39. The number of benzene rings is 2. The van der Waals surface area contributed by atoms with Crippen molar-refractivity contribution in [2.75, 3.05) is 24.6 Å². The highest BCUT2D eigenvalue weighted by molar-refractivity contribution is 5.46. The summed E-state index contributed by atoms with van der Waals surface area (Å²) in [6.45, 7) is 2.80. The monoisotopic (exact) mass is 326 g/mol. The summed E-state index contributed by atoms with van der Waals surface area (Å²) < 4.78 is 19.2. The molecule has 4 heteroatoms. The summed E-state index contributed by atoms with van der Waals surface area (Å²) in [6.07, 6.45) is 3.09. The van der Waals surface area contributed by atoms with Gasteiger partial charge in [0.1, 0.15) is 18.2 Å². The van der Waals surface area contributed by atoms with Crippen LogP contribution in [-0.4, -0.2) is 31.8 Å². The average molecular weight is 326 g/mol. The highest BCUT2D eigenvalue weighted by Crippen LogP contribution is 2.26. The molecule has 0 radical (unpaired) electrons. The maximum atomic E-state index is 13.4. The Bertz CT molecular complexity index is 683. The number of nitrogens with zero attached hydrogens (tertiary/aromatic N) is 1. The van der Waals surface area contributed by atoms with Crippen LogP contribution in [0.1, 0.15) is 18.4 Å². The number of hydrogen-bond acceptors (Lipinski definition) is 3. The average Bonchev–Trinajstić information content (AvgIpc) is 2.63. The second-order valence-corrected chi connectivity index (χ2v) is 6.73. The van der Waals surface area contributed by atoms with Crippen LogP contribution in [0.5, 0.6) is 5.75 Å². The molecule has 0 aliphatic carbocycles. The molecule has 2 aromatic carbocycles. The van der Waals surface area contributed by atoms with Gasteiger partial charge in [0.25, 0.3) is 0 Å². The fourth-order valence-corrected chi connectivity index (χ4v) is 3.75. The molecule has 1 unspecified atom stereocenters. The molecule has 0 saturated carbocycles. The van der Waals surface area contributed by atoms with Crippen LogP contribution >= 0.6 is 0 Å². The first-order valence-electron chi connectivity index (χ1n) is 8.75. The Morgan fingerprint density at radius 1 is 1.00 bits per heavy atom. The van der Waals surface area contributed by atoms with Gasteiger partial charge in [0.05, 0.1) is 0 Å². The largest absolute Gasteiger partial charge is 0.492 e. The fourth-order valence-electron chi connectivity index (χ4n) is 3.75. The molecule has 3 nitrogen and oxygen atoms in total. The van der Waals surface area contributed by atoms with Gasteiger partial charge in [-0.25, -0.2) is 4.39 Å². The number of halogens is 1. The Morgan fingerprint density at radius 2 is 1.79 bits per heavy atom. The molecule has 1 atom stereocenters. The number of fused-ring (bicyclic) bond motifs is 1. The van der Waals surface area contributed by atoms with E-state index in [0.717, 1.165) is 43.7 Å². The molecular weight excluding hydrogens is 303 g/mol. The van der Waals surface area contributed by atoms with Crippen LogP contribution in [0.4, 0.5) is 10.1 Å². The van der Waals surface area contributed by atoms with Crippen molar-refractivity contribution in [2.45, 2.75) is 31.3 Å². The summed E-state index contributed by atoms with van der Waals surface area (Å²) in [4.78, 5) is 2.44. The minimum Gasteiger partial charge on any atom is -0.492 e. The fraction of sp³-hybridized carbons (Fsp3) is 0.400. The quantitative estimate of drug-likeness (QED) is 0.936. The molecule has 2 aliphatic heterocycles. The Hall–Kier alpha value is -2.07. The van der Waals surface area contributed by atoms with Crippen LogP contribution in [0, 0.1) is 5.82 Å². The van der Waals surface area contributed by atoms with Gasteiger partial charge in [-0.3, -0.25) is 0 Å². The van der Waals surface area contributed by atoms with Crippen molar-refractivity contribution in [3.8, 4) is 5.75 Å². The molecule has 24 heavy (non-hydrogen) atoms. The van der Waals surface area contributed by atoms with Gasteiger partial charge >= 0.3 is 0 Å². The number of anilines is 1. The first kappa shape index (κ1) is 15.5. The topological polar surface area (TPSA) is 24.5 Å². The predicted molar refractivity (Wildman–Crippen MR) is 94.2 cm³/mol. The number of rotatable bonds is 3. The van der Waals surface area contributed by atoms with Crippen LogP contribution in [0.15, 0.2) is 48.5 Å².